The van der Waals surface area contributed by atoms with Crippen LogP contribution >= 0.6 is 11.8 Å². The molecule has 0 aliphatic rings. The molecule has 4 amide bonds. The van der Waals surface area contributed by atoms with Crippen molar-refractivity contribution in [1.82, 2.24) is 16.0 Å². The number of carbonyl (C=O) groups is 6. The lowest BCUT2D eigenvalue weighted by molar-refractivity contribution is -0.147. The molecule has 0 saturated heterocycles. The average Bonchev–Trinajstić information content (AvgIpc) is 2.71. The Hall–Kier alpha value is -2.91. The van der Waals surface area contributed by atoms with Gasteiger partial charge >= 0.3 is 11.9 Å². The van der Waals surface area contributed by atoms with E-state index in [1.807, 2.05) is 0 Å². The second kappa shape index (κ2) is 15.0. The van der Waals surface area contributed by atoms with Gasteiger partial charge in [-0.1, -0.05) is 0 Å². The molecular formula is C18H31N5O9S. The molecule has 0 aliphatic carbocycles. The first-order valence-electron chi connectivity index (χ1n) is 9.86. The van der Waals surface area contributed by atoms with Crippen LogP contribution in [-0.2, 0) is 28.8 Å². The molecule has 10 N–H and O–H groups in total. The summed E-state index contributed by atoms with van der Waals surface area (Å²) in [5.41, 5.74) is 10.6. The summed E-state index contributed by atoms with van der Waals surface area (Å²) in [6.07, 6.45) is -0.835. The molecule has 0 fully saturated rings. The number of aliphatic hydroxyl groups is 1. The highest BCUT2D eigenvalue weighted by Gasteiger charge is 2.31. The van der Waals surface area contributed by atoms with E-state index in [0.717, 1.165) is 0 Å². The first kappa shape index (κ1) is 30.1. The van der Waals surface area contributed by atoms with Crippen LogP contribution in [0.1, 0.15) is 32.6 Å². The van der Waals surface area contributed by atoms with E-state index in [1.54, 1.807) is 6.26 Å². The Labute approximate surface area is 194 Å². The Morgan fingerprint density at radius 1 is 0.879 bits per heavy atom. The largest absolute Gasteiger partial charge is 0.481 e. The summed E-state index contributed by atoms with van der Waals surface area (Å²) in [6, 6.07) is -5.69. The fourth-order valence-electron chi connectivity index (χ4n) is 2.47. The molecule has 33 heavy (non-hydrogen) atoms. The lowest BCUT2D eigenvalue weighted by Crippen LogP contribution is -2.58. The number of nitrogens with one attached hydrogen (secondary N) is 3. The van der Waals surface area contributed by atoms with Crippen molar-refractivity contribution in [2.75, 3.05) is 12.0 Å². The van der Waals surface area contributed by atoms with E-state index in [-0.39, 0.29) is 19.3 Å². The number of hydrogen-bond donors (Lipinski definition) is 8. The van der Waals surface area contributed by atoms with Crippen molar-refractivity contribution in [3.05, 3.63) is 0 Å². The average molecular weight is 494 g/mol. The minimum absolute atomic E-state index is 0.0574. The summed E-state index contributed by atoms with van der Waals surface area (Å²) < 4.78 is 0. The van der Waals surface area contributed by atoms with Crippen molar-refractivity contribution < 1.29 is 44.1 Å². The quantitative estimate of drug-likeness (QED) is 0.106. The standard InChI is InChI=1S/C18H31N5O9S/c1-8(24)14(20)17(30)22-9(3-4-12(19)25)15(28)21-10(5-6-33-2)16(29)23-11(18(31)32)7-13(26)27/h8-11,14,24H,3-7,20H2,1-2H3,(H2,19,25)(H,21,28)(H,22,30)(H,23,29)(H,26,27)(H,31,32). The molecule has 0 spiro atoms. The van der Waals surface area contributed by atoms with Gasteiger partial charge in [0.2, 0.25) is 23.6 Å². The molecule has 5 unspecified atom stereocenters. The Balaban J connectivity index is 5.54. The first-order valence-corrected chi connectivity index (χ1v) is 11.3. The summed E-state index contributed by atoms with van der Waals surface area (Å²) in [5, 5.41) is 34.1. The topological polar surface area (TPSA) is 251 Å². The Bertz CT molecular complexity index is 734. The molecule has 0 radical (unpaired) electrons. The van der Waals surface area contributed by atoms with E-state index in [0.29, 0.717) is 5.75 Å². The zero-order valence-corrected chi connectivity index (χ0v) is 19.1. The second-order valence-electron chi connectivity index (χ2n) is 7.17. The van der Waals surface area contributed by atoms with E-state index < -0.39 is 72.3 Å². The molecule has 5 atom stereocenters. The van der Waals surface area contributed by atoms with Crippen molar-refractivity contribution >= 4 is 47.3 Å². The maximum absolute atomic E-state index is 12.8. The number of hydrogen-bond acceptors (Lipinski definition) is 9. The zero-order valence-electron chi connectivity index (χ0n) is 18.3. The highest BCUT2D eigenvalue weighted by Crippen LogP contribution is 2.06. The highest BCUT2D eigenvalue weighted by molar-refractivity contribution is 7.98. The summed E-state index contributed by atoms with van der Waals surface area (Å²) in [5.74, 6) is -6.10. The molecule has 0 aromatic rings. The van der Waals surface area contributed by atoms with E-state index in [2.05, 4.69) is 16.0 Å². The van der Waals surface area contributed by atoms with Crippen LogP contribution in [0.15, 0.2) is 0 Å². The van der Waals surface area contributed by atoms with E-state index in [9.17, 15) is 33.9 Å². The van der Waals surface area contributed by atoms with E-state index in [1.165, 1.54) is 18.7 Å². The van der Waals surface area contributed by atoms with Crippen LogP contribution in [0.25, 0.3) is 0 Å². The lowest BCUT2D eigenvalue weighted by atomic mass is 10.1. The van der Waals surface area contributed by atoms with Crippen LogP contribution in [0.3, 0.4) is 0 Å². The highest BCUT2D eigenvalue weighted by atomic mass is 32.2. The van der Waals surface area contributed by atoms with Gasteiger partial charge in [-0.3, -0.25) is 24.0 Å². The molecule has 15 heteroatoms. The fraction of sp³-hybridized carbons (Fsp3) is 0.667. The number of carbonyl (C=O) groups excluding carboxylic acids is 4. The monoisotopic (exact) mass is 493 g/mol. The van der Waals surface area contributed by atoms with Gasteiger partial charge in [0.25, 0.3) is 0 Å². The van der Waals surface area contributed by atoms with Crippen molar-refractivity contribution in [3.8, 4) is 0 Å². The van der Waals surface area contributed by atoms with Gasteiger partial charge in [-0.15, -0.1) is 0 Å². The molecule has 14 nitrogen and oxygen atoms in total. The predicted molar refractivity (Wildman–Crippen MR) is 117 cm³/mol. The third-order valence-corrected chi connectivity index (χ3v) is 5.02. The van der Waals surface area contributed by atoms with E-state index in [4.69, 9.17) is 21.7 Å². The summed E-state index contributed by atoms with van der Waals surface area (Å²) >= 11 is 1.33. The minimum atomic E-state index is -1.72. The van der Waals surface area contributed by atoms with Gasteiger partial charge in [0.05, 0.1) is 12.5 Å². The zero-order chi connectivity index (χ0) is 25.7. The maximum atomic E-state index is 12.8. The maximum Gasteiger partial charge on any atom is 0.326 e. The molecule has 0 rings (SSSR count). The van der Waals surface area contributed by atoms with Gasteiger partial charge in [0, 0.05) is 6.42 Å². The van der Waals surface area contributed by atoms with Crippen molar-refractivity contribution in [2.45, 2.75) is 62.9 Å². The van der Waals surface area contributed by atoms with Crippen LogP contribution in [0, 0.1) is 0 Å². The summed E-state index contributed by atoms with van der Waals surface area (Å²) in [7, 11) is 0. The Morgan fingerprint density at radius 2 is 1.36 bits per heavy atom. The predicted octanol–water partition coefficient (Wildman–Crippen LogP) is -3.27. The Kier molecular flexibility index (Phi) is 13.7. The molecule has 0 bridgehead atoms. The summed E-state index contributed by atoms with van der Waals surface area (Å²) in [4.78, 5) is 70.7. The van der Waals surface area contributed by atoms with Gasteiger partial charge in [-0.05, 0) is 31.8 Å². The minimum Gasteiger partial charge on any atom is -0.481 e. The molecular weight excluding hydrogens is 462 g/mol. The molecule has 0 aromatic heterocycles. The number of primary amides is 1. The number of rotatable bonds is 16. The molecule has 0 heterocycles. The number of nitrogens with two attached hydrogens (primary N) is 2. The van der Waals surface area contributed by atoms with Crippen LogP contribution in [0.5, 0.6) is 0 Å². The molecule has 0 saturated carbocycles. The molecule has 188 valence electrons. The number of carboxylic acids is 2. The molecule has 0 aliphatic heterocycles. The smallest absolute Gasteiger partial charge is 0.326 e. The number of thioether (sulfide) groups is 1. The van der Waals surface area contributed by atoms with Crippen molar-refractivity contribution in [1.29, 1.82) is 0 Å². The third kappa shape index (κ3) is 12.1. The van der Waals surface area contributed by atoms with Crippen molar-refractivity contribution in [2.24, 2.45) is 11.5 Å². The van der Waals surface area contributed by atoms with Gasteiger partial charge in [0.15, 0.2) is 0 Å². The van der Waals surface area contributed by atoms with Crippen molar-refractivity contribution in [3.63, 3.8) is 0 Å². The fourth-order valence-corrected chi connectivity index (χ4v) is 2.94. The van der Waals surface area contributed by atoms with Gasteiger partial charge in [-0.25, -0.2) is 4.79 Å². The van der Waals surface area contributed by atoms with Crippen LogP contribution < -0.4 is 27.4 Å². The normalized spacial score (nSPS) is 15.3. The number of aliphatic hydroxyl groups excluding tert-OH is 1. The van der Waals surface area contributed by atoms with E-state index >= 15 is 0 Å². The summed E-state index contributed by atoms with van der Waals surface area (Å²) in [6.45, 7) is 1.27. The second-order valence-corrected chi connectivity index (χ2v) is 8.16. The van der Waals surface area contributed by atoms with Gasteiger partial charge < -0.3 is 42.7 Å². The van der Waals surface area contributed by atoms with Gasteiger partial charge in [0.1, 0.15) is 24.2 Å². The number of aliphatic carboxylic acids is 2. The number of amides is 4. The molecule has 0 aromatic carbocycles. The Morgan fingerprint density at radius 3 is 1.79 bits per heavy atom. The first-order chi connectivity index (χ1) is 15.3. The third-order valence-electron chi connectivity index (χ3n) is 4.37. The van der Waals surface area contributed by atoms with Crippen LogP contribution in [-0.4, -0.2) is 93.2 Å². The lowest BCUT2D eigenvalue weighted by Gasteiger charge is -2.25. The number of carboxylic acid groups (broad SMARTS) is 2. The van der Waals surface area contributed by atoms with Crippen LogP contribution in [0.2, 0.25) is 0 Å². The SMILES string of the molecule is CSCCC(NC(=O)C(CCC(N)=O)NC(=O)C(N)C(C)O)C(=O)NC(CC(=O)O)C(=O)O. The van der Waals surface area contributed by atoms with Crippen LogP contribution in [0.4, 0.5) is 0 Å². The van der Waals surface area contributed by atoms with Gasteiger partial charge in [-0.2, -0.15) is 11.8 Å².